The van der Waals surface area contributed by atoms with Crippen molar-refractivity contribution < 1.29 is 23.9 Å². The summed E-state index contributed by atoms with van der Waals surface area (Å²) in [6.45, 7) is 11.1. The van der Waals surface area contributed by atoms with Crippen LogP contribution < -0.4 is 10.6 Å². The molecule has 1 saturated heterocycles. The molecule has 0 saturated carbocycles. The average molecular weight is 780 g/mol. The SMILES string of the molecule is COC(CC(=O)C(C)CCN1CCCC1CC(SCc1ccccc1)C(=O)NCCc1ccccc1)CN(C)C(=O)CC(C)CNC(=O)C(C(C)C)N(C)C. The number of nitrogens with zero attached hydrogens (tertiary/aromatic N) is 3. The van der Waals surface area contributed by atoms with Gasteiger partial charge in [-0.3, -0.25) is 24.1 Å². The fourth-order valence-electron chi connectivity index (χ4n) is 7.43. The molecule has 1 aliphatic heterocycles. The third-order valence-corrected chi connectivity index (χ3v) is 12.1. The minimum atomic E-state index is -0.395. The van der Waals surface area contributed by atoms with E-state index in [1.165, 1.54) is 11.1 Å². The van der Waals surface area contributed by atoms with Gasteiger partial charge >= 0.3 is 0 Å². The lowest BCUT2D eigenvalue weighted by Gasteiger charge is -2.29. The molecule has 2 aromatic carbocycles. The van der Waals surface area contributed by atoms with E-state index in [0.29, 0.717) is 32.1 Å². The summed E-state index contributed by atoms with van der Waals surface area (Å²) in [6.07, 6.45) is 4.60. The van der Waals surface area contributed by atoms with Crippen molar-refractivity contribution in [2.75, 3.05) is 61.0 Å². The zero-order valence-corrected chi connectivity index (χ0v) is 35.6. The van der Waals surface area contributed by atoms with Crippen molar-refractivity contribution >= 4 is 35.3 Å². The predicted molar refractivity (Wildman–Crippen MR) is 225 cm³/mol. The standard InChI is InChI=1S/C44H69N5O5S/c1-32(2)42(47(5)6)44(53)46-29-33(3)26-41(51)48(7)30-38(54-8)28-39(50)34(4)22-25-49-24-15-20-37(49)27-40(55-31-36-18-13-10-14-19-36)43(52)45-23-21-35-16-11-9-12-17-35/h9-14,16-19,32-34,37-38,40,42H,15,20-31H2,1-8H3,(H,45,52)(H,46,53). The van der Waals surface area contributed by atoms with E-state index in [-0.39, 0.29) is 59.0 Å². The number of ether oxygens (including phenoxy) is 1. The van der Waals surface area contributed by atoms with E-state index in [2.05, 4.69) is 39.8 Å². The van der Waals surface area contributed by atoms with E-state index >= 15 is 0 Å². The number of likely N-dealkylation sites (N-methyl/N-ethyl adjacent to an activating group) is 2. The summed E-state index contributed by atoms with van der Waals surface area (Å²) in [6, 6.07) is 20.6. The molecule has 1 heterocycles. The number of amides is 3. The molecule has 0 aromatic heterocycles. The Morgan fingerprint density at radius 1 is 0.891 bits per heavy atom. The van der Waals surface area contributed by atoms with Crippen LogP contribution >= 0.6 is 11.8 Å². The predicted octanol–water partition coefficient (Wildman–Crippen LogP) is 5.69. The van der Waals surface area contributed by atoms with Gasteiger partial charge in [-0.25, -0.2) is 0 Å². The van der Waals surface area contributed by atoms with Gasteiger partial charge in [-0.15, -0.1) is 11.8 Å². The number of nitrogens with one attached hydrogen (secondary N) is 2. The number of rotatable bonds is 25. The van der Waals surface area contributed by atoms with Crippen molar-refractivity contribution in [3.63, 3.8) is 0 Å². The van der Waals surface area contributed by atoms with Gasteiger partial charge < -0.3 is 25.2 Å². The van der Waals surface area contributed by atoms with Crippen molar-refractivity contribution in [3.8, 4) is 0 Å². The van der Waals surface area contributed by atoms with Crippen molar-refractivity contribution in [1.82, 2.24) is 25.3 Å². The molecule has 1 fully saturated rings. The number of benzene rings is 2. The maximum absolute atomic E-state index is 13.6. The number of thioether (sulfide) groups is 1. The smallest absolute Gasteiger partial charge is 0.237 e. The molecule has 0 bridgehead atoms. The van der Waals surface area contributed by atoms with Gasteiger partial charge in [0.1, 0.15) is 5.78 Å². The highest BCUT2D eigenvalue weighted by atomic mass is 32.2. The van der Waals surface area contributed by atoms with Crippen LogP contribution in [0.1, 0.15) is 77.3 Å². The van der Waals surface area contributed by atoms with E-state index in [1.807, 2.05) is 83.1 Å². The third-order valence-electron chi connectivity index (χ3n) is 10.8. The summed E-state index contributed by atoms with van der Waals surface area (Å²) >= 11 is 1.72. The highest BCUT2D eigenvalue weighted by Gasteiger charge is 2.32. The summed E-state index contributed by atoms with van der Waals surface area (Å²) in [4.78, 5) is 58.8. The summed E-state index contributed by atoms with van der Waals surface area (Å²) in [7, 11) is 7.13. The quantitative estimate of drug-likeness (QED) is 0.132. The van der Waals surface area contributed by atoms with Crippen LogP contribution in [0.2, 0.25) is 0 Å². The second kappa shape index (κ2) is 24.4. The largest absolute Gasteiger partial charge is 0.379 e. The van der Waals surface area contributed by atoms with Crippen LogP contribution in [0.5, 0.6) is 0 Å². The number of carbonyl (C=O) groups excluding carboxylic acids is 4. The van der Waals surface area contributed by atoms with E-state index in [4.69, 9.17) is 4.74 Å². The Balaban J connectivity index is 1.47. The average Bonchev–Trinajstić information content (AvgIpc) is 3.61. The first-order valence-corrected chi connectivity index (χ1v) is 21.3. The van der Waals surface area contributed by atoms with E-state index in [0.717, 1.165) is 50.9 Å². The van der Waals surface area contributed by atoms with Crippen molar-refractivity contribution in [3.05, 3.63) is 71.8 Å². The molecule has 0 aliphatic carbocycles. The number of carbonyl (C=O) groups is 4. The van der Waals surface area contributed by atoms with Crippen molar-refractivity contribution in [1.29, 1.82) is 0 Å². The molecular formula is C44H69N5O5S. The number of hydrogen-bond acceptors (Lipinski definition) is 8. The van der Waals surface area contributed by atoms with Gasteiger partial charge in [-0.1, -0.05) is 88.4 Å². The molecule has 2 aromatic rings. The second-order valence-electron chi connectivity index (χ2n) is 16.1. The molecule has 3 rings (SSSR count). The van der Waals surface area contributed by atoms with Gasteiger partial charge in [0.15, 0.2) is 0 Å². The first-order valence-electron chi connectivity index (χ1n) is 20.2. The Bertz CT molecular complexity index is 1440. The minimum Gasteiger partial charge on any atom is -0.379 e. The molecule has 55 heavy (non-hydrogen) atoms. The van der Waals surface area contributed by atoms with Crippen LogP contribution in [0.3, 0.4) is 0 Å². The summed E-state index contributed by atoms with van der Waals surface area (Å²) in [5.41, 5.74) is 2.42. The molecule has 10 nitrogen and oxygen atoms in total. The molecule has 0 spiro atoms. The van der Waals surface area contributed by atoms with Gasteiger partial charge in [-0.2, -0.15) is 0 Å². The lowest BCUT2D eigenvalue weighted by molar-refractivity contribution is -0.134. The van der Waals surface area contributed by atoms with Crippen LogP contribution in [-0.2, 0) is 36.1 Å². The van der Waals surface area contributed by atoms with Crippen LogP contribution in [0, 0.1) is 17.8 Å². The first kappa shape index (κ1) is 46.1. The highest BCUT2D eigenvalue weighted by Crippen LogP contribution is 2.29. The van der Waals surface area contributed by atoms with Crippen molar-refractivity contribution in [2.45, 2.75) is 102 Å². The van der Waals surface area contributed by atoms with Crippen LogP contribution in [-0.4, -0.2) is 123 Å². The normalized spacial score (nSPS) is 17.4. The lowest BCUT2D eigenvalue weighted by Crippen LogP contribution is -2.47. The van der Waals surface area contributed by atoms with Gasteiger partial charge in [0.25, 0.3) is 0 Å². The number of methoxy groups -OCH3 is 1. The highest BCUT2D eigenvalue weighted by molar-refractivity contribution is 7.99. The third kappa shape index (κ3) is 16.4. The Morgan fingerprint density at radius 3 is 2.16 bits per heavy atom. The summed E-state index contributed by atoms with van der Waals surface area (Å²) < 4.78 is 5.69. The zero-order valence-electron chi connectivity index (χ0n) is 34.8. The molecule has 306 valence electrons. The molecule has 3 amide bonds. The molecule has 1 aliphatic rings. The minimum absolute atomic E-state index is 0.0282. The monoisotopic (exact) mass is 780 g/mol. The fourth-order valence-corrected chi connectivity index (χ4v) is 8.61. The molecule has 2 N–H and O–H groups in total. The van der Waals surface area contributed by atoms with Gasteiger partial charge in [0, 0.05) is 64.3 Å². The molecular weight excluding hydrogens is 711 g/mol. The zero-order chi connectivity index (χ0) is 40.3. The molecule has 6 unspecified atom stereocenters. The van der Waals surface area contributed by atoms with Gasteiger partial charge in [0.05, 0.1) is 17.4 Å². The molecule has 6 atom stereocenters. The number of ketones is 1. The van der Waals surface area contributed by atoms with Crippen LogP contribution in [0.4, 0.5) is 0 Å². The Labute approximate surface area is 335 Å². The van der Waals surface area contributed by atoms with Crippen LogP contribution in [0.15, 0.2) is 60.7 Å². The van der Waals surface area contributed by atoms with Crippen molar-refractivity contribution in [2.24, 2.45) is 17.8 Å². The number of likely N-dealkylation sites (tertiary alicyclic amines) is 1. The maximum Gasteiger partial charge on any atom is 0.237 e. The fraction of sp³-hybridized carbons (Fsp3) is 0.636. The lowest BCUT2D eigenvalue weighted by atomic mass is 9.97. The topological polar surface area (TPSA) is 111 Å². The Morgan fingerprint density at radius 2 is 1.55 bits per heavy atom. The number of Topliss-reactive ketones (excluding diaryl/α,β-unsaturated/α-hetero) is 1. The Kier molecular flexibility index (Phi) is 20.5. The van der Waals surface area contributed by atoms with E-state index < -0.39 is 6.10 Å². The van der Waals surface area contributed by atoms with E-state index in [1.54, 1.807) is 30.8 Å². The van der Waals surface area contributed by atoms with Gasteiger partial charge in [-0.05, 0) is 82.3 Å². The molecule has 0 radical (unpaired) electrons. The summed E-state index contributed by atoms with van der Waals surface area (Å²) in [5, 5.41) is 6.07. The van der Waals surface area contributed by atoms with Crippen LogP contribution in [0.25, 0.3) is 0 Å². The second-order valence-corrected chi connectivity index (χ2v) is 17.3. The van der Waals surface area contributed by atoms with Gasteiger partial charge in [0.2, 0.25) is 17.7 Å². The number of hydrogen-bond donors (Lipinski definition) is 2. The van der Waals surface area contributed by atoms with E-state index in [9.17, 15) is 19.2 Å². The molecule has 11 heteroatoms. The summed E-state index contributed by atoms with van der Waals surface area (Å²) in [5.74, 6) is 0.945. The Hall–Kier alpha value is -3.25. The first-order chi connectivity index (χ1) is 26.3. The maximum atomic E-state index is 13.6.